The van der Waals surface area contributed by atoms with Crippen LogP contribution in [0.4, 0.5) is 13.2 Å². The third-order valence-electron chi connectivity index (χ3n) is 3.59. The highest BCUT2D eigenvalue weighted by Crippen LogP contribution is 2.34. The number of benzene rings is 2. The average Bonchev–Trinajstić information content (AvgIpc) is 3.17. The van der Waals surface area contributed by atoms with E-state index in [-0.39, 0.29) is 18.2 Å². The van der Waals surface area contributed by atoms with Crippen LogP contribution >= 0.6 is 0 Å². The Labute approximate surface area is 157 Å². The van der Waals surface area contributed by atoms with Gasteiger partial charge < -0.3 is 9.47 Å². The first-order valence-electron chi connectivity index (χ1n) is 7.68. The Morgan fingerprint density at radius 3 is 2.39 bits per heavy atom. The van der Waals surface area contributed by atoms with E-state index in [0.717, 1.165) is 4.68 Å². The van der Waals surface area contributed by atoms with Gasteiger partial charge in [-0.2, -0.15) is 4.68 Å². The third kappa shape index (κ3) is 3.68. The first-order chi connectivity index (χ1) is 13.4. The predicted molar refractivity (Wildman–Crippen MR) is 89.1 cm³/mol. The lowest BCUT2D eigenvalue weighted by Gasteiger charge is -2.13. The van der Waals surface area contributed by atoms with Crippen molar-refractivity contribution in [2.75, 3.05) is 13.9 Å². The number of sulfone groups is 1. The van der Waals surface area contributed by atoms with E-state index in [1.165, 1.54) is 19.2 Å². The molecular formula is C16H13F3N4O4S. The van der Waals surface area contributed by atoms with Gasteiger partial charge in [0.25, 0.3) is 15.0 Å². The number of rotatable bonds is 7. The van der Waals surface area contributed by atoms with Crippen LogP contribution in [-0.2, 0) is 14.6 Å². The molecule has 1 aromatic heterocycles. The quantitative estimate of drug-likeness (QED) is 0.548. The number of nitrogens with zero attached hydrogens (tertiary/aromatic N) is 4. The second kappa shape index (κ2) is 7.94. The molecule has 0 aliphatic carbocycles. The van der Waals surface area contributed by atoms with E-state index < -0.39 is 37.7 Å². The first-order valence-corrected chi connectivity index (χ1v) is 9.23. The number of para-hydroxylation sites is 1. The van der Waals surface area contributed by atoms with Crippen LogP contribution in [0.25, 0.3) is 5.69 Å². The molecule has 3 rings (SSSR count). The third-order valence-corrected chi connectivity index (χ3v) is 5.14. The summed E-state index contributed by atoms with van der Waals surface area (Å²) in [6, 6.07) is 9.09. The standard InChI is InChI=1S/C16H13F3N4O4S/c1-26-9-27-11-7-12(17)14(13(18)8-11)15(19)28(24,25)16-20-21-22-23(16)10-5-3-2-4-6-10/h2-8,15H,9H2,1H3. The van der Waals surface area contributed by atoms with Crippen LogP contribution in [0.5, 0.6) is 5.75 Å². The number of alkyl halides is 1. The summed E-state index contributed by atoms with van der Waals surface area (Å²) in [4.78, 5) is 0. The van der Waals surface area contributed by atoms with Crippen molar-refractivity contribution in [2.45, 2.75) is 10.7 Å². The molecule has 2 aromatic carbocycles. The van der Waals surface area contributed by atoms with Crippen molar-refractivity contribution in [2.24, 2.45) is 0 Å². The normalized spacial score (nSPS) is 12.7. The van der Waals surface area contributed by atoms with Crippen LogP contribution in [0.1, 0.15) is 11.1 Å². The Bertz CT molecular complexity index is 1050. The van der Waals surface area contributed by atoms with Crippen LogP contribution in [0.2, 0.25) is 0 Å². The summed E-state index contributed by atoms with van der Waals surface area (Å²) in [6.45, 7) is -0.304. The molecule has 1 unspecified atom stereocenters. The molecule has 0 spiro atoms. The lowest BCUT2D eigenvalue weighted by molar-refractivity contribution is 0.0506. The highest BCUT2D eigenvalue weighted by Gasteiger charge is 2.38. The number of ether oxygens (including phenoxy) is 2. The van der Waals surface area contributed by atoms with Gasteiger partial charge in [0, 0.05) is 19.2 Å². The number of hydrogen-bond donors (Lipinski definition) is 0. The molecule has 0 saturated heterocycles. The van der Waals surface area contributed by atoms with E-state index in [9.17, 15) is 21.6 Å². The Balaban J connectivity index is 2.02. The Hall–Kier alpha value is -2.99. The van der Waals surface area contributed by atoms with Crippen LogP contribution in [0, 0.1) is 11.6 Å². The van der Waals surface area contributed by atoms with Gasteiger partial charge in [0.05, 0.1) is 11.3 Å². The zero-order chi connectivity index (χ0) is 20.3. The van der Waals surface area contributed by atoms with Gasteiger partial charge in [-0.05, 0) is 22.6 Å². The summed E-state index contributed by atoms with van der Waals surface area (Å²) in [7, 11) is -3.69. The maximum atomic E-state index is 14.8. The van der Waals surface area contributed by atoms with Gasteiger partial charge in [0.15, 0.2) is 6.79 Å². The minimum Gasteiger partial charge on any atom is -0.467 e. The maximum absolute atomic E-state index is 14.8. The molecule has 0 saturated carbocycles. The highest BCUT2D eigenvalue weighted by atomic mass is 32.2. The van der Waals surface area contributed by atoms with Crippen molar-refractivity contribution in [1.82, 2.24) is 20.2 Å². The maximum Gasteiger partial charge on any atom is 0.275 e. The van der Waals surface area contributed by atoms with Gasteiger partial charge in [0.2, 0.25) is 5.50 Å². The molecule has 0 aliphatic heterocycles. The number of aromatic nitrogens is 4. The molecule has 12 heteroatoms. The Kier molecular flexibility index (Phi) is 5.61. The van der Waals surface area contributed by atoms with Crippen molar-refractivity contribution < 1.29 is 31.1 Å². The van der Waals surface area contributed by atoms with Gasteiger partial charge >= 0.3 is 0 Å². The molecule has 0 fully saturated rings. The summed E-state index contributed by atoms with van der Waals surface area (Å²) in [5.41, 5.74) is -4.16. The molecule has 148 valence electrons. The zero-order valence-corrected chi connectivity index (χ0v) is 15.1. The van der Waals surface area contributed by atoms with Crippen LogP contribution in [0.15, 0.2) is 47.6 Å². The fourth-order valence-electron chi connectivity index (χ4n) is 2.32. The van der Waals surface area contributed by atoms with Crippen molar-refractivity contribution >= 4 is 9.84 Å². The van der Waals surface area contributed by atoms with E-state index in [4.69, 9.17) is 4.74 Å². The smallest absolute Gasteiger partial charge is 0.275 e. The summed E-state index contributed by atoms with van der Waals surface area (Å²) in [5, 5.41) is 9.16. The fraction of sp³-hybridized carbons (Fsp3) is 0.188. The summed E-state index contributed by atoms with van der Waals surface area (Å²) < 4.78 is 78.8. The largest absolute Gasteiger partial charge is 0.467 e. The van der Waals surface area contributed by atoms with Crippen LogP contribution in [-0.4, -0.2) is 42.5 Å². The molecule has 0 bridgehead atoms. The monoisotopic (exact) mass is 414 g/mol. The lowest BCUT2D eigenvalue weighted by atomic mass is 10.2. The number of tetrazole rings is 1. The number of methoxy groups -OCH3 is 1. The fourth-order valence-corrected chi connectivity index (χ4v) is 3.58. The predicted octanol–water partition coefficient (Wildman–Crippen LogP) is 2.37. The van der Waals surface area contributed by atoms with Gasteiger partial charge in [-0.3, -0.25) is 0 Å². The van der Waals surface area contributed by atoms with Gasteiger partial charge in [-0.1, -0.05) is 23.3 Å². The molecular weight excluding hydrogens is 401 g/mol. The first kappa shape index (κ1) is 19.8. The van der Waals surface area contributed by atoms with E-state index in [1.54, 1.807) is 18.2 Å². The average molecular weight is 414 g/mol. The topological polar surface area (TPSA) is 96.2 Å². The molecule has 0 amide bonds. The van der Waals surface area contributed by atoms with E-state index in [0.29, 0.717) is 12.1 Å². The lowest BCUT2D eigenvalue weighted by Crippen LogP contribution is -2.18. The number of halogens is 3. The minimum absolute atomic E-state index is 0.225. The highest BCUT2D eigenvalue weighted by molar-refractivity contribution is 7.91. The second-order valence-corrected chi connectivity index (χ2v) is 7.29. The molecule has 0 N–H and O–H groups in total. The molecule has 28 heavy (non-hydrogen) atoms. The minimum atomic E-state index is -4.99. The van der Waals surface area contributed by atoms with Crippen molar-refractivity contribution in [3.63, 3.8) is 0 Å². The zero-order valence-electron chi connectivity index (χ0n) is 14.3. The number of hydrogen-bond acceptors (Lipinski definition) is 7. The van der Waals surface area contributed by atoms with E-state index in [2.05, 4.69) is 20.3 Å². The molecule has 3 aromatic rings. The summed E-state index contributed by atoms with van der Waals surface area (Å²) in [6.07, 6.45) is 0. The molecule has 1 heterocycles. The van der Waals surface area contributed by atoms with Crippen LogP contribution in [0.3, 0.4) is 0 Å². The summed E-state index contributed by atoms with van der Waals surface area (Å²) >= 11 is 0. The van der Waals surface area contributed by atoms with Crippen molar-refractivity contribution in [1.29, 1.82) is 0 Å². The van der Waals surface area contributed by atoms with Crippen molar-refractivity contribution in [3.05, 3.63) is 59.7 Å². The molecule has 0 aliphatic rings. The van der Waals surface area contributed by atoms with Crippen molar-refractivity contribution in [3.8, 4) is 11.4 Å². The molecule has 1 atom stereocenters. The van der Waals surface area contributed by atoms with Gasteiger partial charge in [-0.25, -0.2) is 21.6 Å². The molecule has 0 radical (unpaired) electrons. The molecule has 8 nitrogen and oxygen atoms in total. The summed E-state index contributed by atoms with van der Waals surface area (Å²) in [5.74, 6) is -3.18. The van der Waals surface area contributed by atoms with Gasteiger partial charge in [0.1, 0.15) is 17.4 Å². The van der Waals surface area contributed by atoms with Crippen LogP contribution < -0.4 is 4.74 Å². The Morgan fingerprint density at radius 2 is 1.79 bits per heavy atom. The SMILES string of the molecule is COCOc1cc(F)c(C(F)S(=O)(=O)c2nnnn2-c2ccccc2)c(F)c1. The Morgan fingerprint density at radius 1 is 1.14 bits per heavy atom. The van der Waals surface area contributed by atoms with E-state index in [1.807, 2.05) is 0 Å². The second-order valence-electron chi connectivity index (χ2n) is 5.42. The van der Waals surface area contributed by atoms with E-state index >= 15 is 0 Å². The van der Waals surface area contributed by atoms with Gasteiger partial charge in [-0.15, -0.1) is 0 Å².